The zero-order chi connectivity index (χ0) is 21.1. The van der Waals surface area contributed by atoms with Gasteiger partial charge in [-0.3, -0.25) is 0 Å². The minimum atomic E-state index is 0.599. The van der Waals surface area contributed by atoms with Crippen molar-refractivity contribution >= 4 is 22.3 Å². The van der Waals surface area contributed by atoms with E-state index in [-0.39, 0.29) is 0 Å². The summed E-state index contributed by atoms with van der Waals surface area (Å²) in [5.41, 5.74) is 7.10. The Bertz CT molecular complexity index is 1570. The molecule has 7 rings (SSSR count). The van der Waals surface area contributed by atoms with E-state index in [1.54, 1.807) is 0 Å². The SMILES string of the molecule is c1ccc2c(c1)-c1nc3nc(nc4ccc(cc5ccc(nc-2n1)[nH]5)[nH]4)-c1ccccc1-3. The lowest BCUT2D eigenvalue weighted by atomic mass is 10.1. The van der Waals surface area contributed by atoms with Crippen LogP contribution in [0.15, 0.2) is 78.9 Å². The molecule has 3 aromatic heterocycles. The Hall–Kier alpha value is -4.65. The van der Waals surface area contributed by atoms with Crippen LogP contribution in [-0.4, -0.2) is 34.9 Å². The Kier molecular flexibility index (Phi) is 3.43. The van der Waals surface area contributed by atoms with Gasteiger partial charge < -0.3 is 9.97 Å². The summed E-state index contributed by atoms with van der Waals surface area (Å²) in [5.74, 6) is 2.45. The molecule has 0 amide bonds. The molecule has 2 aliphatic rings. The lowest BCUT2D eigenvalue weighted by Gasteiger charge is -1.98. The van der Waals surface area contributed by atoms with Crippen LogP contribution in [0.4, 0.5) is 0 Å². The third kappa shape index (κ3) is 2.65. The second-order valence-corrected chi connectivity index (χ2v) is 7.69. The first kappa shape index (κ1) is 17.1. The van der Waals surface area contributed by atoms with Crippen LogP contribution < -0.4 is 0 Å². The number of hydrogen-bond acceptors (Lipinski definition) is 5. The molecule has 7 nitrogen and oxygen atoms in total. The molecular weight excluding hydrogens is 398 g/mol. The number of aromatic nitrogens is 7. The van der Waals surface area contributed by atoms with E-state index in [4.69, 9.17) is 24.9 Å². The van der Waals surface area contributed by atoms with Crippen LogP contribution in [0.5, 0.6) is 0 Å². The van der Waals surface area contributed by atoms with Crippen molar-refractivity contribution in [1.29, 1.82) is 0 Å². The fourth-order valence-electron chi connectivity index (χ4n) is 4.12. The van der Waals surface area contributed by atoms with Crippen LogP contribution in [0.25, 0.3) is 67.9 Å². The predicted octanol–water partition coefficient (Wildman–Crippen LogP) is 5.17. The number of fused-ring (bicyclic) bond motifs is 14. The minimum Gasteiger partial charge on any atom is -0.340 e. The highest BCUT2D eigenvalue weighted by Crippen LogP contribution is 2.36. The first-order chi connectivity index (χ1) is 15.8. The van der Waals surface area contributed by atoms with E-state index >= 15 is 0 Å². The van der Waals surface area contributed by atoms with Gasteiger partial charge in [-0.25, -0.2) is 24.9 Å². The van der Waals surface area contributed by atoms with Crippen LogP contribution in [0.1, 0.15) is 0 Å². The van der Waals surface area contributed by atoms with Crippen molar-refractivity contribution in [1.82, 2.24) is 34.9 Å². The van der Waals surface area contributed by atoms with E-state index in [2.05, 4.69) is 9.97 Å². The van der Waals surface area contributed by atoms with Gasteiger partial charge in [-0.15, -0.1) is 0 Å². The van der Waals surface area contributed by atoms with Gasteiger partial charge in [-0.1, -0.05) is 48.5 Å². The monoisotopic (exact) mass is 413 g/mol. The largest absolute Gasteiger partial charge is 0.340 e. The number of rotatable bonds is 0. The fraction of sp³-hybridized carbons (Fsp3) is 0. The highest BCUT2D eigenvalue weighted by atomic mass is 15.0. The lowest BCUT2D eigenvalue weighted by molar-refractivity contribution is 1.17. The second-order valence-electron chi connectivity index (χ2n) is 7.69. The van der Waals surface area contributed by atoms with Gasteiger partial charge in [0.25, 0.3) is 0 Å². The molecule has 8 bridgehead atoms. The molecule has 5 aromatic rings. The normalized spacial score (nSPS) is 11.8. The molecule has 7 heteroatoms. The van der Waals surface area contributed by atoms with Gasteiger partial charge in [-0.2, -0.15) is 0 Å². The minimum absolute atomic E-state index is 0.599. The van der Waals surface area contributed by atoms with Crippen LogP contribution in [0, 0.1) is 0 Å². The van der Waals surface area contributed by atoms with Crippen LogP contribution >= 0.6 is 0 Å². The van der Waals surface area contributed by atoms with Gasteiger partial charge in [-0.05, 0) is 30.3 Å². The maximum absolute atomic E-state index is 4.86. The first-order valence-electron chi connectivity index (χ1n) is 10.3. The van der Waals surface area contributed by atoms with E-state index in [0.29, 0.717) is 23.3 Å². The maximum atomic E-state index is 4.86. The Labute approximate surface area is 181 Å². The number of nitrogens with one attached hydrogen (secondary N) is 2. The van der Waals surface area contributed by atoms with E-state index in [1.807, 2.05) is 78.9 Å². The zero-order valence-electron chi connectivity index (χ0n) is 16.7. The summed E-state index contributed by atoms with van der Waals surface area (Å²) in [4.78, 5) is 30.6. The molecule has 2 aromatic carbocycles. The molecule has 0 spiro atoms. The van der Waals surface area contributed by atoms with E-state index in [1.165, 1.54) is 0 Å². The summed E-state index contributed by atoms with van der Waals surface area (Å²) in [6.07, 6.45) is 0. The molecule has 0 fully saturated rings. The molecule has 0 atom stereocenters. The van der Waals surface area contributed by atoms with Crippen molar-refractivity contribution in [2.24, 2.45) is 0 Å². The summed E-state index contributed by atoms with van der Waals surface area (Å²) in [7, 11) is 0. The first-order valence-corrected chi connectivity index (χ1v) is 10.3. The van der Waals surface area contributed by atoms with E-state index < -0.39 is 0 Å². The second kappa shape index (κ2) is 6.42. The highest BCUT2D eigenvalue weighted by molar-refractivity contribution is 5.85. The number of aromatic amines is 2. The Balaban J connectivity index is 1.63. The summed E-state index contributed by atoms with van der Waals surface area (Å²) in [6.45, 7) is 0. The summed E-state index contributed by atoms with van der Waals surface area (Å²) in [5, 5.41) is 0. The summed E-state index contributed by atoms with van der Waals surface area (Å²) in [6, 6.07) is 25.9. The van der Waals surface area contributed by atoms with Crippen LogP contribution in [-0.2, 0) is 0 Å². The van der Waals surface area contributed by atoms with Crippen molar-refractivity contribution in [3.63, 3.8) is 0 Å². The van der Waals surface area contributed by atoms with Crippen molar-refractivity contribution < 1.29 is 0 Å². The Morgan fingerprint density at radius 2 is 0.781 bits per heavy atom. The van der Waals surface area contributed by atoms with Gasteiger partial charge in [0.15, 0.2) is 23.3 Å². The molecule has 0 saturated carbocycles. The van der Waals surface area contributed by atoms with Crippen molar-refractivity contribution in [2.45, 2.75) is 0 Å². The standard InChI is InChI=1S/C25H15N7/c1-3-7-18-16(5-1)22-28-20-11-9-14(26-20)13-15-10-12-21(27-15)29-23-17-6-2-4-8-19(17)25(31-23)32-24(18)30-22/h1-13H,(H2,26,27,28,29,30,31,32). The van der Waals surface area contributed by atoms with Crippen molar-refractivity contribution in [3.8, 4) is 45.6 Å². The molecule has 32 heavy (non-hydrogen) atoms. The van der Waals surface area contributed by atoms with Crippen LogP contribution in [0.3, 0.4) is 0 Å². The average Bonchev–Trinajstić information content (AvgIpc) is 3.58. The van der Waals surface area contributed by atoms with Crippen LogP contribution in [0.2, 0.25) is 0 Å². The molecule has 5 heterocycles. The molecule has 2 N–H and O–H groups in total. The number of hydrogen-bond donors (Lipinski definition) is 2. The average molecular weight is 413 g/mol. The fourth-order valence-corrected chi connectivity index (χ4v) is 4.12. The van der Waals surface area contributed by atoms with Gasteiger partial charge in [0, 0.05) is 33.3 Å². The number of H-pyrrole nitrogens is 2. The number of nitrogens with zero attached hydrogens (tertiary/aromatic N) is 5. The highest BCUT2D eigenvalue weighted by Gasteiger charge is 2.22. The van der Waals surface area contributed by atoms with Gasteiger partial charge in [0.2, 0.25) is 0 Å². The molecule has 150 valence electrons. The summed E-state index contributed by atoms with van der Waals surface area (Å²) >= 11 is 0. The van der Waals surface area contributed by atoms with Crippen molar-refractivity contribution in [3.05, 3.63) is 78.9 Å². The van der Waals surface area contributed by atoms with Gasteiger partial charge >= 0.3 is 0 Å². The Morgan fingerprint density at radius 3 is 1.19 bits per heavy atom. The molecule has 0 radical (unpaired) electrons. The third-order valence-corrected chi connectivity index (χ3v) is 5.60. The summed E-state index contributed by atoms with van der Waals surface area (Å²) < 4.78 is 0. The maximum Gasteiger partial charge on any atom is 0.164 e. The third-order valence-electron chi connectivity index (χ3n) is 5.60. The lowest BCUT2D eigenvalue weighted by Crippen LogP contribution is -1.84. The van der Waals surface area contributed by atoms with Crippen molar-refractivity contribution in [2.75, 3.05) is 0 Å². The number of benzene rings is 2. The molecule has 2 aliphatic heterocycles. The molecular formula is C25H15N7. The molecule has 0 saturated heterocycles. The van der Waals surface area contributed by atoms with E-state index in [0.717, 1.165) is 44.6 Å². The van der Waals surface area contributed by atoms with Gasteiger partial charge in [0.1, 0.15) is 11.3 Å². The quantitative estimate of drug-likeness (QED) is 0.358. The Morgan fingerprint density at radius 1 is 0.406 bits per heavy atom. The predicted molar refractivity (Wildman–Crippen MR) is 123 cm³/mol. The van der Waals surface area contributed by atoms with Gasteiger partial charge in [0.05, 0.1) is 0 Å². The zero-order valence-corrected chi connectivity index (χ0v) is 16.7. The topological polar surface area (TPSA) is 96.0 Å². The smallest absolute Gasteiger partial charge is 0.164 e. The molecule has 0 aliphatic carbocycles. The molecule has 0 unspecified atom stereocenters. The van der Waals surface area contributed by atoms with E-state index in [9.17, 15) is 0 Å².